The highest BCUT2D eigenvalue weighted by Gasteiger charge is 2.24. The molecule has 0 unspecified atom stereocenters. The Hall–Kier alpha value is -4.26. The minimum atomic E-state index is -0.841. The third kappa shape index (κ3) is 5.89. The Bertz CT molecular complexity index is 1200. The zero-order valence-electron chi connectivity index (χ0n) is 17.7. The van der Waals surface area contributed by atoms with Crippen molar-refractivity contribution in [2.75, 3.05) is 0 Å². The van der Waals surface area contributed by atoms with Crippen LogP contribution in [0.1, 0.15) is 35.5 Å². The quantitative estimate of drug-likeness (QED) is 0.330. The second-order valence-corrected chi connectivity index (χ2v) is 7.28. The van der Waals surface area contributed by atoms with E-state index in [1.165, 1.54) is 0 Å². The van der Waals surface area contributed by atoms with Crippen LogP contribution >= 0.6 is 0 Å². The highest BCUT2D eigenvalue weighted by Crippen LogP contribution is 2.21. The van der Waals surface area contributed by atoms with Crippen LogP contribution in [0.4, 0.5) is 0 Å². The average molecular weight is 426 g/mol. The van der Waals surface area contributed by atoms with Crippen molar-refractivity contribution < 1.29 is 19.2 Å². The van der Waals surface area contributed by atoms with E-state index >= 15 is 0 Å². The summed E-state index contributed by atoms with van der Waals surface area (Å²) in [4.78, 5) is 24.1. The molecule has 160 valence electrons. The molecule has 3 rings (SSSR count). The summed E-state index contributed by atoms with van der Waals surface area (Å²) in [5.41, 5.74) is 3.62. The first-order valence-electron chi connectivity index (χ1n) is 10.00. The van der Waals surface area contributed by atoms with Crippen molar-refractivity contribution >= 4 is 11.8 Å². The lowest BCUT2D eigenvalue weighted by molar-refractivity contribution is -0.132. The van der Waals surface area contributed by atoms with Crippen LogP contribution in [0, 0.1) is 29.6 Å². The van der Waals surface area contributed by atoms with Crippen LogP contribution in [0.25, 0.3) is 11.3 Å². The molecule has 6 heteroatoms. The van der Waals surface area contributed by atoms with Crippen molar-refractivity contribution in [1.82, 2.24) is 10.8 Å². The second kappa shape index (κ2) is 10.7. The van der Waals surface area contributed by atoms with E-state index in [9.17, 15) is 9.59 Å². The molecule has 3 N–H and O–H groups in total. The Morgan fingerprint density at radius 1 is 0.906 bits per heavy atom. The van der Waals surface area contributed by atoms with Crippen LogP contribution in [0.5, 0.6) is 0 Å². The average Bonchev–Trinajstić information content (AvgIpc) is 3.29. The van der Waals surface area contributed by atoms with Crippen molar-refractivity contribution in [3.63, 3.8) is 0 Å². The fourth-order valence-corrected chi connectivity index (χ4v) is 2.89. The third-order valence-electron chi connectivity index (χ3n) is 4.61. The van der Waals surface area contributed by atoms with Crippen LogP contribution in [0.15, 0.2) is 71.1 Å². The van der Waals surface area contributed by atoms with Gasteiger partial charge in [-0.05, 0) is 60.1 Å². The van der Waals surface area contributed by atoms with Gasteiger partial charge in [0.15, 0.2) is 5.76 Å². The number of carbonyl (C=O) groups excluding carboxylic acids is 2. The SMILES string of the molecule is CC(C)[C@H](NC(=O)c1ccc(C#CC#Cc2ccc(-c3ccccc3)o2)cc1)C(=O)NO. The van der Waals surface area contributed by atoms with Gasteiger partial charge < -0.3 is 9.73 Å². The summed E-state index contributed by atoms with van der Waals surface area (Å²) in [5, 5.41) is 11.4. The summed E-state index contributed by atoms with van der Waals surface area (Å²) >= 11 is 0. The summed E-state index contributed by atoms with van der Waals surface area (Å²) < 4.78 is 5.71. The standard InChI is InChI=1S/C26H22N2O4/c1-18(2)24(26(30)28-31)27-25(29)21-14-12-19(13-15-21)8-6-7-11-22-16-17-23(32-22)20-9-4-3-5-10-20/h3-5,9-10,12-18,24,31H,1-2H3,(H,27,29)(H,28,30)/t24-/m0/s1. The molecule has 0 saturated carbocycles. The third-order valence-corrected chi connectivity index (χ3v) is 4.61. The van der Waals surface area contributed by atoms with Crippen LogP contribution in [-0.2, 0) is 4.79 Å². The molecule has 1 aromatic heterocycles. The van der Waals surface area contributed by atoms with E-state index in [1.807, 2.05) is 36.4 Å². The molecule has 1 atom stereocenters. The maximum absolute atomic E-state index is 12.4. The van der Waals surface area contributed by atoms with E-state index in [-0.39, 0.29) is 5.92 Å². The number of nitrogens with one attached hydrogen (secondary N) is 2. The molecule has 0 saturated heterocycles. The number of amides is 2. The van der Waals surface area contributed by atoms with E-state index in [2.05, 4.69) is 29.0 Å². The van der Waals surface area contributed by atoms with E-state index in [4.69, 9.17) is 9.62 Å². The van der Waals surface area contributed by atoms with Gasteiger partial charge in [0, 0.05) is 16.7 Å². The molecule has 3 aromatic rings. The Labute approximate surface area is 186 Å². The topological polar surface area (TPSA) is 91.6 Å². The Morgan fingerprint density at radius 2 is 1.59 bits per heavy atom. The van der Waals surface area contributed by atoms with Crippen molar-refractivity contribution in [2.45, 2.75) is 19.9 Å². The fraction of sp³-hybridized carbons (Fsp3) is 0.154. The number of carbonyl (C=O) groups is 2. The lowest BCUT2D eigenvalue weighted by Gasteiger charge is -2.20. The molecule has 32 heavy (non-hydrogen) atoms. The van der Waals surface area contributed by atoms with Crippen molar-refractivity contribution in [3.8, 4) is 35.0 Å². The van der Waals surface area contributed by atoms with Gasteiger partial charge >= 0.3 is 0 Å². The van der Waals surface area contributed by atoms with Gasteiger partial charge in [-0.2, -0.15) is 0 Å². The van der Waals surface area contributed by atoms with Gasteiger partial charge in [-0.1, -0.05) is 50.1 Å². The summed E-state index contributed by atoms with van der Waals surface area (Å²) in [6, 6.07) is 19.2. The maximum Gasteiger partial charge on any atom is 0.266 e. The molecule has 1 heterocycles. The van der Waals surface area contributed by atoms with Crippen LogP contribution in [-0.4, -0.2) is 23.1 Å². The lowest BCUT2D eigenvalue weighted by Crippen LogP contribution is -2.48. The van der Waals surface area contributed by atoms with Crippen molar-refractivity contribution in [1.29, 1.82) is 0 Å². The maximum atomic E-state index is 12.4. The zero-order valence-corrected chi connectivity index (χ0v) is 17.7. The minimum absolute atomic E-state index is 0.187. The summed E-state index contributed by atoms with van der Waals surface area (Å²) in [7, 11) is 0. The molecule has 2 aromatic carbocycles. The first-order valence-corrected chi connectivity index (χ1v) is 10.00. The molecule has 0 aliphatic carbocycles. The van der Waals surface area contributed by atoms with Gasteiger partial charge in [-0.25, -0.2) is 5.48 Å². The lowest BCUT2D eigenvalue weighted by atomic mass is 10.0. The van der Waals surface area contributed by atoms with Crippen LogP contribution < -0.4 is 10.8 Å². The van der Waals surface area contributed by atoms with E-state index < -0.39 is 17.9 Å². The fourth-order valence-electron chi connectivity index (χ4n) is 2.89. The van der Waals surface area contributed by atoms with Gasteiger partial charge in [-0.15, -0.1) is 0 Å². The van der Waals surface area contributed by atoms with Crippen LogP contribution in [0.2, 0.25) is 0 Å². The van der Waals surface area contributed by atoms with E-state index in [1.54, 1.807) is 49.7 Å². The molecular weight excluding hydrogens is 404 g/mol. The molecular formula is C26H22N2O4. The summed E-state index contributed by atoms with van der Waals surface area (Å²) in [6.07, 6.45) is 0. The Balaban J connectivity index is 1.62. The van der Waals surface area contributed by atoms with Gasteiger partial charge in [0.05, 0.1) is 0 Å². The van der Waals surface area contributed by atoms with Gasteiger partial charge in [0.25, 0.3) is 11.8 Å². The summed E-state index contributed by atoms with van der Waals surface area (Å²) in [6.45, 7) is 3.54. The molecule has 2 amide bonds. The molecule has 0 fully saturated rings. The monoisotopic (exact) mass is 426 g/mol. The molecule has 0 aliphatic rings. The molecule has 6 nitrogen and oxygen atoms in total. The number of hydrogen-bond donors (Lipinski definition) is 3. The predicted octanol–water partition coefficient (Wildman–Crippen LogP) is 3.61. The normalized spacial score (nSPS) is 10.9. The molecule has 0 radical (unpaired) electrons. The van der Waals surface area contributed by atoms with E-state index in [0.717, 1.165) is 11.3 Å². The predicted molar refractivity (Wildman–Crippen MR) is 120 cm³/mol. The number of rotatable bonds is 5. The van der Waals surface area contributed by atoms with Crippen LogP contribution in [0.3, 0.4) is 0 Å². The number of hydrogen-bond acceptors (Lipinski definition) is 4. The number of hydroxylamine groups is 1. The van der Waals surface area contributed by atoms with Crippen molar-refractivity contribution in [3.05, 3.63) is 83.6 Å². The highest BCUT2D eigenvalue weighted by molar-refractivity contribution is 5.97. The first kappa shape index (κ1) is 22.4. The van der Waals surface area contributed by atoms with Gasteiger partial charge in [-0.3, -0.25) is 14.8 Å². The second-order valence-electron chi connectivity index (χ2n) is 7.28. The van der Waals surface area contributed by atoms with Gasteiger partial charge in [0.1, 0.15) is 11.8 Å². The number of benzene rings is 2. The van der Waals surface area contributed by atoms with Gasteiger partial charge in [0.2, 0.25) is 0 Å². The molecule has 0 spiro atoms. The van der Waals surface area contributed by atoms with E-state index in [0.29, 0.717) is 16.9 Å². The molecule has 0 aliphatic heterocycles. The Morgan fingerprint density at radius 3 is 2.25 bits per heavy atom. The van der Waals surface area contributed by atoms with Crippen molar-refractivity contribution in [2.24, 2.45) is 5.92 Å². The Kier molecular flexibility index (Phi) is 7.48. The zero-order chi connectivity index (χ0) is 22.9. The summed E-state index contributed by atoms with van der Waals surface area (Å²) in [5.74, 6) is 11.3. The minimum Gasteiger partial charge on any atom is -0.448 e. The smallest absolute Gasteiger partial charge is 0.266 e. The highest BCUT2D eigenvalue weighted by atomic mass is 16.5. The largest absolute Gasteiger partial charge is 0.448 e. The number of furan rings is 1. The molecule has 0 bridgehead atoms. The first-order chi connectivity index (χ1) is 15.5.